The Balaban J connectivity index is 1.95. The lowest BCUT2D eigenvalue weighted by Gasteiger charge is -2.23. The molecule has 0 spiro atoms. The monoisotopic (exact) mass is 580 g/mol. The summed E-state index contributed by atoms with van der Waals surface area (Å²) in [5, 5.41) is 23.8. The summed E-state index contributed by atoms with van der Waals surface area (Å²) in [5.74, 6) is -1.95. The number of carbonyl (C=O) groups is 2. The Morgan fingerprint density at radius 1 is 0.651 bits per heavy atom. The molecular weight excluding hydrogens is 548 g/mol. The van der Waals surface area contributed by atoms with E-state index in [9.17, 15) is 19.8 Å². The van der Waals surface area contributed by atoms with E-state index in [2.05, 4.69) is 0 Å². The van der Waals surface area contributed by atoms with E-state index >= 15 is 0 Å². The van der Waals surface area contributed by atoms with Crippen LogP contribution in [0.5, 0.6) is 23.0 Å². The summed E-state index contributed by atoms with van der Waals surface area (Å²) in [6.45, 7) is 3.61. The smallest absolute Gasteiger partial charge is 0.342 e. The van der Waals surface area contributed by atoms with Crippen LogP contribution in [0.15, 0.2) is 78.9 Å². The van der Waals surface area contributed by atoms with Gasteiger partial charge in [0.1, 0.15) is 34.1 Å². The van der Waals surface area contributed by atoms with Gasteiger partial charge < -0.3 is 29.2 Å². The Morgan fingerprint density at radius 3 is 1.53 bits per heavy atom. The molecule has 220 valence electrons. The number of carbonyl (C=O) groups excluding carboxylic acids is 2. The highest BCUT2D eigenvalue weighted by atomic mass is 16.5. The third-order valence-corrected chi connectivity index (χ3v) is 7.47. The fourth-order valence-corrected chi connectivity index (χ4v) is 5.70. The van der Waals surface area contributed by atoms with Crippen molar-refractivity contribution in [1.82, 2.24) is 0 Å². The van der Waals surface area contributed by atoms with E-state index in [0.717, 1.165) is 0 Å². The van der Waals surface area contributed by atoms with Crippen LogP contribution in [0.3, 0.4) is 0 Å². The van der Waals surface area contributed by atoms with E-state index in [1.54, 1.807) is 80.6 Å². The first-order chi connectivity index (χ1) is 20.9. The highest BCUT2D eigenvalue weighted by Gasteiger charge is 2.40. The normalized spacial score (nSPS) is 11.1. The lowest BCUT2D eigenvalue weighted by Crippen LogP contribution is -2.08. The summed E-state index contributed by atoms with van der Waals surface area (Å²) < 4.78 is 21.9. The van der Waals surface area contributed by atoms with Gasteiger partial charge in [0.25, 0.3) is 0 Å². The van der Waals surface area contributed by atoms with Gasteiger partial charge in [-0.15, -0.1) is 0 Å². The van der Waals surface area contributed by atoms with Crippen LogP contribution < -0.4 is 9.47 Å². The molecule has 0 saturated heterocycles. The van der Waals surface area contributed by atoms with E-state index < -0.39 is 17.9 Å². The second kappa shape index (κ2) is 12.3. The van der Waals surface area contributed by atoms with Crippen LogP contribution in [0.4, 0.5) is 0 Å². The summed E-state index contributed by atoms with van der Waals surface area (Å²) >= 11 is 0. The van der Waals surface area contributed by atoms with Gasteiger partial charge in [-0.2, -0.15) is 0 Å². The maximum atomic E-state index is 13.2. The number of aromatic hydroxyl groups is 2. The fraction of sp³-hybridized carbons (Fsp3) is 0.200. The van der Waals surface area contributed by atoms with E-state index in [0.29, 0.717) is 50.4 Å². The molecule has 0 amide bonds. The zero-order valence-electron chi connectivity index (χ0n) is 24.3. The van der Waals surface area contributed by atoms with Crippen molar-refractivity contribution in [2.75, 3.05) is 27.4 Å². The molecule has 8 heteroatoms. The molecule has 0 unspecified atom stereocenters. The van der Waals surface area contributed by atoms with Crippen molar-refractivity contribution in [3.63, 3.8) is 0 Å². The molecule has 43 heavy (non-hydrogen) atoms. The van der Waals surface area contributed by atoms with Gasteiger partial charge in [0.05, 0.1) is 27.4 Å². The van der Waals surface area contributed by atoms with E-state index in [1.165, 1.54) is 14.2 Å². The average molecular weight is 581 g/mol. The number of ether oxygens (including phenoxy) is 4. The van der Waals surface area contributed by atoms with Gasteiger partial charge in [0.15, 0.2) is 0 Å². The van der Waals surface area contributed by atoms with Crippen molar-refractivity contribution in [2.45, 2.75) is 19.8 Å². The van der Waals surface area contributed by atoms with Crippen LogP contribution in [0.1, 0.15) is 57.2 Å². The first-order valence-corrected chi connectivity index (χ1v) is 13.9. The SMILES string of the molecule is CCOC(=O)c1c2cccccc-2c(C(c2ccc(OC)cc2OC)c2c3cccccc-3c(C(=O)OCC)c2O)c1O. The molecule has 0 aliphatic heterocycles. The Hall–Kier alpha value is -5.24. The van der Waals surface area contributed by atoms with Crippen LogP contribution in [0, 0.1) is 0 Å². The van der Waals surface area contributed by atoms with E-state index in [-0.39, 0.29) is 35.8 Å². The minimum Gasteiger partial charge on any atom is -0.507 e. The second-order valence-corrected chi connectivity index (χ2v) is 9.73. The van der Waals surface area contributed by atoms with Crippen molar-refractivity contribution in [1.29, 1.82) is 0 Å². The molecule has 0 fully saturated rings. The zero-order valence-corrected chi connectivity index (χ0v) is 24.3. The van der Waals surface area contributed by atoms with Gasteiger partial charge in [-0.05, 0) is 31.0 Å². The molecule has 0 atom stereocenters. The van der Waals surface area contributed by atoms with Crippen LogP contribution in [-0.2, 0) is 9.47 Å². The predicted molar refractivity (Wildman–Crippen MR) is 162 cm³/mol. The second-order valence-electron chi connectivity index (χ2n) is 9.73. The van der Waals surface area contributed by atoms with Crippen molar-refractivity contribution >= 4 is 11.9 Å². The van der Waals surface area contributed by atoms with E-state index in [4.69, 9.17) is 18.9 Å². The van der Waals surface area contributed by atoms with Gasteiger partial charge in [0, 0.05) is 39.8 Å². The Bertz CT molecular complexity index is 1640. The number of esters is 2. The summed E-state index contributed by atoms with van der Waals surface area (Å²) in [7, 11) is 3.05. The summed E-state index contributed by atoms with van der Waals surface area (Å²) in [6, 6.07) is 23.1. The van der Waals surface area contributed by atoms with Gasteiger partial charge in [-0.3, -0.25) is 0 Å². The van der Waals surface area contributed by atoms with Crippen LogP contribution in [0.2, 0.25) is 0 Å². The highest BCUT2D eigenvalue weighted by Crippen LogP contribution is 2.56. The molecule has 1 aromatic rings. The molecule has 0 saturated carbocycles. The van der Waals surface area contributed by atoms with Gasteiger partial charge in [-0.1, -0.05) is 66.7 Å². The molecule has 2 N–H and O–H groups in total. The van der Waals surface area contributed by atoms with Crippen LogP contribution >= 0.6 is 0 Å². The van der Waals surface area contributed by atoms with Crippen molar-refractivity contribution in [3.05, 3.63) is 107 Å². The number of benzene rings is 1. The topological polar surface area (TPSA) is 112 Å². The van der Waals surface area contributed by atoms with Gasteiger partial charge in [-0.25, -0.2) is 9.59 Å². The third-order valence-electron chi connectivity index (χ3n) is 7.47. The Morgan fingerprint density at radius 2 is 1.12 bits per heavy atom. The fourth-order valence-electron chi connectivity index (χ4n) is 5.70. The lowest BCUT2D eigenvalue weighted by atomic mass is 9.82. The summed E-state index contributed by atoms with van der Waals surface area (Å²) in [4.78, 5) is 26.5. The molecule has 5 rings (SSSR count). The molecule has 0 heterocycles. The average Bonchev–Trinajstić information content (AvgIpc) is 3.19. The minimum absolute atomic E-state index is 0.00653. The first kappa shape index (κ1) is 29.3. The summed E-state index contributed by atoms with van der Waals surface area (Å²) in [5.41, 5.74) is 3.29. The standard InChI is InChI=1S/C35H32O8/c1-5-42-34(38)30-23-15-11-7-9-13-21(23)28(32(30)36)27(25-18-17-20(40-3)19-26(25)41-4)29-22-14-10-8-12-16-24(22)31(33(29)37)35(39)43-6-2/h7-19,27,36-37H,5-6H2,1-4H3. The van der Waals surface area contributed by atoms with Gasteiger partial charge in [0.2, 0.25) is 0 Å². The molecule has 0 aromatic heterocycles. The Labute approximate surface area is 249 Å². The quantitative estimate of drug-likeness (QED) is 0.182. The van der Waals surface area contributed by atoms with Crippen LogP contribution in [0.25, 0.3) is 22.3 Å². The van der Waals surface area contributed by atoms with Crippen molar-refractivity contribution < 1.29 is 38.7 Å². The van der Waals surface area contributed by atoms with Crippen molar-refractivity contribution in [3.8, 4) is 45.3 Å². The molecular formula is C35H32O8. The number of hydrogen-bond acceptors (Lipinski definition) is 8. The molecule has 0 bridgehead atoms. The maximum Gasteiger partial charge on any atom is 0.342 e. The molecule has 4 aliphatic carbocycles. The number of rotatable bonds is 9. The Kier molecular flexibility index (Phi) is 8.39. The molecule has 8 nitrogen and oxygen atoms in total. The number of fused-ring (bicyclic) bond motifs is 2. The molecule has 1 aromatic carbocycles. The number of hydrogen-bond donors (Lipinski definition) is 2. The highest BCUT2D eigenvalue weighted by molar-refractivity contribution is 6.06. The summed E-state index contributed by atoms with van der Waals surface area (Å²) in [6.07, 6.45) is 0. The maximum absolute atomic E-state index is 13.2. The lowest BCUT2D eigenvalue weighted by molar-refractivity contribution is 0.0514. The first-order valence-electron chi connectivity index (χ1n) is 13.9. The van der Waals surface area contributed by atoms with Gasteiger partial charge >= 0.3 is 11.9 Å². The van der Waals surface area contributed by atoms with E-state index in [1.807, 2.05) is 12.1 Å². The molecule has 0 radical (unpaired) electrons. The predicted octanol–water partition coefficient (Wildman–Crippen LogP) is 6.86. The zero-order chi connectivity index (χ0) is 30.7. The van der Waals surface area contributed by atoms with Crippen LogP contribution in [-0.4, -0.2) is 49.6 Å². The van der Waals surface area contributed by atoms with Crippen molar-refractivity contribution in [2.24, 2.45) is 0 Å². The number of methoxy groups -OCH3 is 2. The third kappa shape index (κ3) is 5.05. The minimum atomic E-state index is -0.929. The largest absolute Gasteiger partial charge is 0.507 e. The molecule has 4 aliphatic rings.